The predicted octanol–water partition coefficient (Wildman–Crippen LogP) is 0.174. The van der Waals surface area contributed by atoms with Crippen molar-refractivity contribution in [2.45, 2.75) is 24.3 Å². The average Bonchev–Trinajstić information content (AvgIpc) is 2.34. The molecule has 98 valence electrons. The summed E-state index contributed by atoms with van der Waals surface area (Å²) >= 11 is 0. The van der Waals surface area contributed by atoms with Crippen LogP contribution in [-0.2, 0) is 20.4 Å². The monoisotopic (exact) mass is 268 g/mol. The standard InChI is InChI=1S/C12H16N2O3S/c1-9(15)14-11(12(13)16)7-8-18(17)10-5-3-2-4-6-10/h2-6,11H,7-8H2,1H3,(H2,13,16)(H,14,15)/t11-,18-/m0/s1. The minimum absolute atomic E-state index is 0.260. The van der Waals surface area contributed by atoms with Crippen LogP contribution in [-0.4, -0.2) is 27.8 Å². The largest absolute Gasteiger partial charge is 0.368 e. The Kier molecular flexibility index (Phi) is 5.51. The van der Waals surface area contributed by atoms with Crippen molar-refractivity contribution in [1.82, 2.24) is 5.32 Å². The molecule has 0 fully saturated rings. The molecule has 2 atom stereocenters. The molecule has 0 aliphatic rings. The minimum atomic E-state index is -1.19. The van der Waals surface area contributed by atoms with Crippen LogP contribution in [0, 0.1) is 0 Å². The maximum Gasteiger partial charge on any atom is 0.240 e. The van der Waals surface area contributed by atoms with Gasteiger partial charge in [-0.2, -0.15) is 0 Å². The highest BCUT2D eigenvalue weighted by molar-refractivity contribution is 7.85. The second kappa shape index (κ2) is 6.90. The van der Waals surface area contributed by atoms with Gasteiger partial charge in [-0.15, -0.1) is 0 Å². The fourth-order valence-electron chi connectivity index (χ4n) is 1.45. The first-order chi connectivity index (χ1) is 8.50. The van der Waals surface area contributed by atoms with Crippen LogP contribution in [0.1, 0.15) is 13.3 Å². The zero-order valence-electron chi connectivity index (χ0n) is 10.1. The minimum Gasteiger partial charge on any atom is -0.368 e. The van der Waals surface area contributed by atoms with Gasteiger partial charge in [-0.3, -0.25) is 13.8 Å². The number of carbonyl (C=O) groups is 2. The highest BCUT2D eigenvalue weighted by atomic mass is 32.2. The van der Waals surface area contributed by atoms with E-state index < -0.39 is 22.7 Å². The Bertz CT molecular complexity index is 448. The van der Waals surface area contributed by atoms with E-state index >= 15 is 0 Å². The number of primary amides is 1. The number of rotatable bonds is 6. The number of hydrogen-bond donors (Lipinski definition) is 2. The van der Waals surface area contributed by atoms with Gasteiger partial charge in [0.1, 0.15) is 6.04 Å². The SMILES string of the molecule is CC(=O)N[C@@H](CC[S@](=O)c1ccccc1)C(N)=O. The van der Waals surface area contributed by atoms with Crippen LogP contribution < -0.4 is 11.1 Å². The topological polar surface area (TPSA) is 89.3 Å². The maximum absolute atomic E-state index is 11.9. The van der Waals surface area contributed by atoms with E-state index in [4.69, 9.17) is 5.73 Å². The lowest BCUT2D eigenvalue weighted by Gasteiger charge is -2.13. The molecule has 1 rings (SSSR count). The van der Waals surface area contributed by atoms with Gasteiger partial charge in [-0.05, 0) is 18.6 Å². The van der Waals surface area contributed by atoms with Gasteiger partial charge in [0.25, 0.3) is 0 Å². The van der Waals surface area contributed by atoms with E-state index in [1.54, 1.807) is 24.3 Å². The quantitative estimate of drug-likeness (QED) is 0.771. The Morgan fingerprint density at radius 1 is 1.33 bits per heavy atom. The number of nitrogens with two attached hydrogens (primary N) is 1. The van der Waals surface area contributed by atoms with E-state index in [2.05, 4.69) is 5.32 Å². The molecule has 0 unspecified atom stereocenters. The summed E-state index contributed by atoms with van der Waals surface area (Å²) in [7, 11) is -1.19. The third-order valence-corrected chi connectivity index (χ3v) is 3.72. The van der Waals surface area contributed by atoms with Crippen LogP contribution in [0.5, 0.6) is 0 Å². The molecule has 0 saturated heterocycles. The van der Waals surface area contributed by atoms with Crippen molar-refractivity contribution in [3.8, 4) is 0 Å². The Labute approximate surface area is 108 Å². The number of carbonyl (C=O) groups excluding carboxylic acids is 2. The van der Waals surface area contributed by atoms with Crippen molar-refractivity contribution < 1.29 is 13.8 Å². The summed E-state index contributed by atoms with van der Waals surface area (Å²) in [6.45, 7) is 1.31. The highest BCUT2D eigenvalue weighted by Gasteiger charge is 2.17. The van der Waals surface area contributed by atoms with Crippen molar-refractivity contribution >= 4 is 22.6 Å². The molecule has 0 heterocycles. The van der Waals surface area contributed by atoms with E-state index in [-0.39, 0.29) is 18.1 Å². The molecule has 5 nitrogen and oxygen atoms in total. The first kappa shape index (κ1) is 14.4. The lowest BCUT2D eigenvalue weighted by Crippen LogP contribution is -2.44. The number of amides is 2. The van der Waals surface area contributed by atoms with Gasteiger partial charge in [0.2, 0.25) is 11.8 Å². The molecule has 0 bridgehead atoms. The summed E-state index contributed by atoms with van der Waals surface area (Å²) in [6, 6.07) is 8.18. The van der Waals surface area contributed by atoms with Crippen molar-refractivity contribution in [3.63, 3.8) is 0 Å². The zero-order chi connectivity index (χ0) is 13.5. The van der Waals surface area contributed by atoms with Crippen molar-refractivity contribution in [2.24, 2.45) is 5.73 Å². The average molecular weight is 268 g/mol. The van der Waals surface area contributed by atoms with Gasteiger partial charge in [0.05, 0.1) is 10.8 Å². The molecule has 0 spiro atoms. The molecular weight excluding hydrogens is 252 g/mol. The molecule has 0 aromatic heterocycles. The van der Waals surface area contributed by atoms with Crippen LogP contribution in [0.15, 0.2) is 35.2 Å². The Balaban J connectivity index is 2.55. The van der Waals surface area contributed by atoms with Crippen molar-refractivity contribution in [3.05, 3.63) is 30.3 Å². The summed E-state index contributed by atoms with van der Waals surface area (Å²) in [5.41, 5.74) is 5.16. The van der Waals surface area contributed by atoms with Gasteiger partial charge in [0.15, 0.2) is 0 Å². The fourth-order valence-corrected chi connectivity index (χ4v) is 2.59. The second-order valence-corrected chi connectivity index (χ2v) is 5.38. The number of hydrogen-bond acceptors (Lipinski definition) is 3. The van der Waals surface area contributed by atoms with E-state index in [9.17, 15) is 13.8 Å². The highest BCUT2D eigenvalue weighted by Crippen LogP contribution is 2.07. The fraction of sp³-hybridized carbons (Fsp3) is 0.333. The molecule has 2 amide bonds. The van der Waals surface area contributed by atoms with E-state index in [1.807, 2.05) is 6.07 Å². The second-order valence-electron chi connectivity index (χ2n) is 3.81. The van der Waals surface area contributed by atoms with E-state index in [1.165, 1.54) is 6.92 Å². The maximum atomic E-state index is 11.9. The van der Waals surface area contributed by atoms with E-state index in [0.29, 0.717) is 4.90 Å². The molecule has 0 saturated carbocycles. The summed E-state index contributed by atoms with van der Waals surface area (Å²) in [5, 5.41) is 2.44. The number of benzene rings is 1. The predicted molar refractivity (Wildman–Crippen MR) is 69.1 cm³/mol. The summed E-state index contributed by atoms with van der Waals surface area (Å²) in [5.74, 6) is -0.669. The summed E-state index contributed by atoms with van der Waals surface area (Å²) in [6.07, 6.45) is 0.260. The first-order valence-corrected chi connectivity index (χ1v) is 6.82. The van der Waals surface area contributed by atoms with Crippen molar-refractivity contribution in [2.75, 3.05) is 5.75 Å². The van der Waals surface area contributed by atoms with Crippen LogP contribution in [0.3, 0.4) is 0 Å². The van der Waals surface area contributed by atoms with Crippen LogP contribution in [0.2, 0.25) is 0 Å². The van der Waals surface area contributed by atoms with Crippen molar-refractivity contribution in [1.29, 1.82) is 0 Å². The van der Waals surface area contributed by atoms with Gasteiger partial charge in [0, 0.05) is 17.6 Å². The van der Waals surface area contributed by atoms with Gasteiger partial charge in [-0.25, -0.2) is 0 Å². The normalized spacial score (nSPS) is 13.6. The third-order valence-electron chi connectivity index (χ3n) is 2.32. The van der Waals surface area contributed by atoms with Gasteiger partial charge < -0.3 is 11.1 Å². The molecule has 0 radical (unpaired) electrons. The van der Waals surface area contributed by atoms with E-state index in [0.717, 1.165) is 0 Å². The third kappa shape index (κ3) is 4.67. The Morgan fingerprint density at radius 3 is 2.44 bits per heavy atom. The molecule has 1 aromatic carbocycles. The molecule has 6 heteroatoms. The number of nitrogens with one attached hydrogen (secondary N) is 1. The molecule has 0 aliphatic heterocycles. The Hall–Kier alpha value is -1.69. The summed E-state index contributed by atoms with van der Waals surface area (Å²) < 4.78 is 11.9. The van der Waals surface area contributed by atoms with Crippen LogP contribution in [0.4, 0.5) is 0 Å². The van der Waals surface area contributed by atoms with Gasteiger partial charge in [-0.1, -0.05) is 18.2 Å². The molecule has 1 aromatic rings. The Morgan fingerprint density at radius 2 is 1.94 bits per heavy atom. The lowest BCUT2D eigenvalue weighted by atomic mass is 10.2. The van der Waals surface area contributed by atoms with Gasteiger partial charge >= 0.3 is 0 Å². The van der Waals surface area contributed by atoms with Crippen LogP contribution in [0.25, 0.3) is 0 Å². The summed E-state index contributed by atoms with van der Waals surface area (Å²) in [4.78, 5) is 22.7. The zero-order valence-corrected chi connectivity index (χ0v) is 10.9. The molecule has 3 N–H and O–H groups in total. The first-order valence-electron chi connectivity index (χ1n) is 5.50. The molecule has 18 heavy (non-hydrogen) atoms. The lowest BCUT2D eigenvalue weighted by molar-refractivity contribution is -0.126. The van der Waals surface area contributed by atoms with Crippen LogP contribution >= 0.6 is 0 Å². The molecule has 0 aliphatic carbocycles. The smallest absolute Gasteiger partial charge is 0.240 e. The molecular formula is C12H16N2O3S.